The van der Waals surface area contributed by atoms with Gasteiger partial charge in [0.25, 0.3) is 0 Å². The zero-order valence-electron chi connectivity index (χ0n) is 8.58. The summed E-state index contributed by atoms with van der Waals surface area (Å²) in [6, 6.07) is 0. The molecular formula is C8H20B2. The van der Waals surface area contributed by atoms with Gasteiger partial charge < -0.3 is 0 Å². The SMILES string of the molecule is BC(B)(C(C)C)C(C)(C)C. The normalized spacial score (nSPS) is 14.2. The summed E-state index contributed by atoms with van der Waals surface area (Å²) >= 11 is 0. The van der Waals surface area contributed by atoms with E-state index < -0.39 is 0 Å². The van der Waals surface area contributed by atoms with Crippen molar-refractivity contribution < 1.29 is 0 Å². The van der Waals surface area contributed by atoms with Crippen LogP contribution in [0, 0.1) is 11.3 Å². The van der Waals surface area contributed by atoms with E-state index in [4.69, 9.17) is 0 Å². The maximum atomic E-state index is 2.34. The Morgan fingerprint density at radius 3 is 1.30 bits per heavy atom. The van der Waals surface area contributed by atoms with Gasteiger partial charge in [-0.2, -0.15) is 0 Å². The first-order valence-electron chi connectivity index (χ1n) is 4.19. The molecule has 0 aromatic heterocycles. The largest absolute Gasteiger partial charge is 0.100 e. The lowest BCUT2D eigenvalue weighted by molar-refractivity contribution is 0.283. The van der Waals surface area contributed by atoms with Crippen LogP contribution < -0.4 is 0 Å². The zero-order chi connectivity index (χ0) is 8.58. The molecule has 0 aromatic rings. The second kappa shape index (κ2) is 2.64. The van der Waals surface area contributed by atoms with E-state index in [1.54, 1.807) is 0 Å². The molecule has 0 aliphatic heterocycles. The molecule has 58 valence electrons. The van der Waals surface area contributed by atoms with E-state index in [0.717, 1.165) is 5.92 Å². The Morgan fingerprint density at radius 1 is 1.00 bits per heavy atom. The molecule has 0 saturated heterocycles. The predicted molar refractivity (Wildman–Crippen MR) is 54.1 cm³/mol. The summed E-state index contributed by atoms with van der Waals surface area (Å²) in [6.07, 6.45) is 0. The van der Waals surface area contributed by atoms with Crippen LogP contribution in [0.5, 0.6) is 0 Å². The Labute approximate surface area is 67.6 Å². The van der Waals surface area contributed by atoms with Crippen molar-refractivity contribution >= 4 is 15.7 Å². The van der Waals surface area contributed by atoms with Crippen molar-refractivity contribution in [3.8, 4) is 0 Å². The van der Waals surface area contributed by atoms with Crippen LogP contribution in [-0.4, -0.2) is 15.7 Å². The van der Waals surface area contributed by atoms with Gasteiger partial charge in [0.05, 0.1) is 0 Å². The topological polar surface area (TPSA) is 0 Å². The molecule has 0 saturated carbocycles. The molecule has 0 fully saturated rings. The summed E-state index contributed by atoms with van der Waals surface area (Å²) in [5.74, 6) is 0.757. The Balaban J connectivity index is 4.40. The van der Waals surface area contributed by atoms with Crippen LogP contribution in [-0.2, 0) is 0 Å². The van der Waals surface area contributed by atoms with Crippen LogP contribution in [0.4, 0.5) is 0 Å². The van der Waals surface area contributed by atoms with E-state index in [9.17, 15) is 0 Å². The minimum atomic E-state index is 0.418. The molecule has 0 aliphatic carbocycles. The fraction of sp³-hybridized carbons (Fsp3) is 1.00. The Hall–Kier alpha value is 0.130. The molecule has 0 unspecified atom stereocenters. The summed E-state index contributed by atoms with van der Waals surface area (Å²) in [4.78, 5) is 0. The molecule has 0 spiro atoms. The van der Waals surface area contributed by atoms with E-state index in [1.807, 2.05) is 0 Å². The molecule has 0 N–H and O–H groups in total. The number of hydrogen-bond donors (Lipinski definition) is 0. The molecule has 0 nitrogen and oxygen atoms in total. The van der Waals surface area contributed by atoms with E-state index in [2.05, 4.69) is 50.3 Å². The molecule has 0 amide bonds. The van der Waals surface area contributed by atoms with E-state index >= 15 is 0 Å². The van der Waals surface area contributed by atoms with Crippen LogP contribution >= 0.6 is 0 Å². The summed E-state index contributed by atoms with van der Waals surface area (Å²) in [6.45, 7) is 11.5. The van der Waals surface area contributed by atoms with Crippen LogP contribution in [0.25, 0.3) is 0 Å². The highest BCUT2D eigenvalue weighted by Gasteiger charge is 2.34. The van der Waals surface area contributed by atoms with Gasteiger partial charge in [0.2, 0.25) is 0 Å². The zero-order valence-corrected chi connectivity index (χ0v) is 8.58. The second-order valence-electron chi connectivity index (χ2n) is 5.13. The average molecular weight is 138 g/mol. The maximum absolute atomic E-state index is 2.34. The molecule has 0 rings (SSSR count). The number of rotatable bonds is 1. The third-order valence-corrected chi connectivity index (χ3v) is 3.38. The van der Waals surface area contributed by atoms with Crippen LogP contribution in [0.1, 0.15) is 34.6 Å². The molecule has 0 atom stereocenters. The summed E-state index contributed by atoms with van der Waals surface area (Å²) in [5.41, 5.74) is 0.418. The minimum absolute atomic E-state index is 0.418. The molecular weight excluding hydrogens is 118 g/mol. The Morgan fingerprint density at radius 2 is 1.30 bits per heavy atom. The third-order valence-electron chi connectivity index (χ3n) is 3.38. The molecule has 0 aliphatic rings. The van der Waals surface area contributed by atoms with Gasteiger partial charge in [0.1, 0.15) is 15.7 Å². The summed E-state index contributed by atoms with van der Waals surface area (Å²) in [5, 5.41) is 0.437. The third kappa shape index (κ3) is 1.81. The van der Waals surface area contributed by atoms with Crippen molar-refractivity contribution in [2.45, 2.75) is 39.8 Å². The highest BCUT2D eigenvalue weighted by molar-refractivity contribution is 6.40. The van der Waals surface area contributed by atoms with Gasteiger partial charge in [-0.25, -0.2) is 0 Å². The Bertz CT molecular complexity index is 109. The van der Waals surface area contributed by atoms with Gasteiger partial charge in [0.15, 0.2) is 0 Å². The highest BCUT2D eigenvalue weighted by Crippen LogP contribution is 2.45. The molecule has 0 bridgehead atoms. The standard InChI is InChI=1S/C8H20B2/c1-6(2)8(9,10)7(3,4)5/h6H,9-10H2,1-5H3. The van der Waals surface area contributed by atoms with Crippen molar-refractivity contribution in [1.82, 2.24) is 0 Å². The van der Waals surface area contributed by atoms with Gasteiger partial charge in [-0.1, -0.05) is 45.8 Å². The fourth-order valence-corrected chi connectivity index (χ4v) is 0.866. The van der Waals surface area contributed by atoms with E-state index in [1.165, 1.54) is 0 Å². The lowest BCUT2D eigenvalue weighted by Gasteiger charge is -2.42. The summed E-state index contributed by atoms with van der Waals surface area (Å²) in [7, 11) is 4.69. The number of hydrogen-bond acceptors (Lipinski definition) is 0. The quantitative estimate of drug-likeness (QED) is 0.475. The highest BCUT2D eigenvalue weighted by atomic mass is 14.3. The van der Waals surface area contributed by atoms with Crippen LogP contribution in [0.3, 0.4) is 0 Å². The van der Waals surface area contributed by atoms with Gasteiger partial charge in [-0.15, -0.1) is 0 Å². The lowest BCUT2D eigenvalue weighted by Crippen LogP contribution is -2.34. The first-order valence-corrected chi connectivity index (χ1v) is 4.19. The van der Waals surface area contributed by atoms with Gasteiger partial charge >= 0.3 is 0 Å². The van der Waals surface area contributed by atoms with Crippen molar-refractivity contribution in [2.24, 2.45) is 11.3 Å². The Kier molecular flexibility index (Phi) is 2.67. The maximum Gasteiger partial charge on any atom is 0.100 e. The van der Waals surface area contributed by atoms with E-state index in [-0.39, 0.29) is 0 Å². The van der Waals surface area contributed by atoms with E-state index in [0.29, 0.717) is 10.6 Å². The minimum Gasteiger partial charge on any atom is -0.0777 e. The lowest BCUT2D eigenvalue weighted by atomic mass is 9.39. The van der Waals surface area contributed by atoms with Gasteiger partial charge in [0, 0.05) is 0 Å². The first-order chi connectivity index (χ1) is 4.19. The van der Waals surface area contributed by atoms with Crippen molar-refractivity contribution in [2.75, 3.05) is 0 Å². The van der Waals surface area contributed by atoms with Crippen molar-refractivity contribution in [3.63, 3.8) is 0 Å². The van der Waals surface area contributed by atoms with Crippen molar-refractivity contribution in [1.29, 1.82) is 0 Å². The molecule has 0 aromatic carbocycles. The average Bonchev–Trinajstić information content (AvgIpc) is 1.62. The smallest absolute Gasteiger partial charge is 0.0777 e. The summed E-state index contributed by atoms with van der Waals surface area (Å²) < 4.78 is 0. The van der Waals surface area contributed by atoms with Crippen molar-refractivity contribution in [3.05, 3.63) is 0 Å². The monoisotopic (exact) mass is 138 g/mol. The van der Waals surface area contributed by atoms with Crippen LogP contribution in [0.2, 0.25) is 5.21 Å². The van der Waals surface area contributed by atoms with Gasteiger partial charge in [-0.05, 0) is 5.41 Å². The molecule has 2 heteroatoms. The molecule has 0 heterocycles. The fourth-order valence-electron chi connectivity index (χ4n) is 0.866. The second-order valence-corrected chi connectivity index (χ2v) is 5.13. The molecule has 10 heavy (non-hydrogen) atoms. The van der Waals surface area contributed by atoms with Crippen LogP contribution in [0.15, 0.2) is 0 Å². The molecule has 0 radical (unpaired) electrons. The van der Waals surface area contributed by atoms with Gasteiger partial charge in [-0.3, -0.25) is 0 Å². The first kappa shape index (κ1) is 10.1. The predicted octanol–water partition coefficient (Wildman–Crippen LogP) is 1.07.